The summed E-state index contributed by atoms with van der Waals surface area (Å²) in [5, 5.41) is 10.2. The molecule has 4 aliphatic carbocycles. The van der Waals surface area contributed by atoms with Crippen LogP contribution >= 0.6 is 0 Å². The molecule has 4 aliphatic rings. The highest BCUT2D eigenvalue weighted by Gasteiger charge is 2.54. The Balaban J connectivity index is 1.97. The third-order valence-electron chi connectivity index (χ3n) is 4.35. The maximum Gasteiger partial charge on any atom is 0.0805 e. The third-order valence-corrected chi connectivity index (χ3v) is 4.35. The molecule has 0 aliphatic heterocycles. The van der Waals surface area contributed by atoms with E-state index in [4.69, 9.17) is 5.73 Å². The Labute approximate surface area is 73.1 Å². The lowest BCUT2D eigenvalue weighted by atomic mass is 9.52. The first-order chi connectivity index (χ1) is 5.67. The van der Waals surface area contributed by atoms with Gasteiger partial charge in [0.05, 0.1) is 5.60 Å². The van der Waals surface area contributed by atoms with Gasteiger partial charge in [-0.3, -0.25) is 0 Å². The number of nitrogens with two attached hydrogens (primary N) is 1. The van der Waals surface area contributed by atoms with Gasteiger partial charge in [0.1, 0.15) is 0 Å². The van der Waals surface area contributed by atoms with Crippen LogP contribution in [0, 0.1) is 17.8 Å². The van der Waals surface area contributed by atoms with Crippen LogP contribution in [-0.2, 0) is 0 Å². The van der Waals surface area contributed by atoms with Crippen molar-refractivity contribution in [2.45, 2.75) is 43.7 Å². The van der Waals surface area contributed by atoms with Gasteiger partial charge < -0.3 is 10.8 Å². The second-order valence-electron chi connectivity index (χ2n) is 5.24. The third kappa shape index (κ3) is 0.775. The molecule has 4 fully saturated rings. The maximum absolute atomic E-state index is 10.2. The Morgan fingerprint density at radius 1 is 1.08 bits per heavy atom. The first kappa shape index (κ1) is 7.34. The fraction of sp³-hybridized carbons (Fsp3) is 1.00. The summed E-state index contributed by atoms with van der Waals surface area (Å²) in [5.41, 5.74) is 5.59. The van der Waals surface area contributed by atoms with E-state index < -0.39 is 5.60 Å². The lowest BCUT2D eigenvalue weighted by Gasteiger charge is -2.57. The molecule has 2 unspecified atom stereocenters. The van der Waals surface area contributed by atoms with Crippen molar-refractivity contribution < 1.29 is 5.11 Å². The fourth-order valence-electron chi connectivity index (χ4n) is 4.04. The molecule has 12 heavy (non-hydrogen) atoms. The summed E-state index contributed by atoms with van der Waals surface area (Å²) in [5.74, 6) is 2.24. The van der Waals surface area contributed by atoms with Gasteiger partial charge >= 0.3 is 0 Å². The molecule has 0 aromatic carbocycles. The molecule has 68 valence electrons. The van der Waals surface area contributed by atoms with Gasteiger partial charge in [0.2, 0.25) is 0 Å². The topological polar surface area (TPSA) is 46.2 Å². The van der Waals surface area contributed by atoms with E-state index in [1.165, 1.54) is 19.3 Å². The lowest BCUT2D eigenvalue weighted by Crippen LogP contribution is -2.63. The summed E-state index contributed by atoms with van der Waals surface area (Å²) in [6.45, 7) is 0. The Morgan fingerprint density at radius 2 is 1.67 bits per heavy atom. The van der Waals surface area contributed by atoms with Crippen LogP contribution in [0.25, 0.3) is 0 Å². The monoisotopic (exact) mass is 167 g/mol. The van der Waals surface area contributed by atoms with Gasteiger partial charge in [-0.25, -0.2) is 0 Å². The molecule has 0 amide bonds. The summed E-state index contributed by atoms with van der Waals surface area (Å²) >= 11 is 0. The minimum Gasteiger partial charge on any atom is -0.388 e. The van der Waals surface area contributed by atoms with Gasteiger partial charge in [0.15, 0.2) is 0 Å². The van der Waals surface area contributed by atoms with E-state index in [1.54, 1.807) is 0 Å². The Bertz CT molecular complexity index is 202. The van der Waals surface area contributed by atoms with Gasteiger partial charge in [-0.05, 0) is 49.9 Å². The van der Waals surface area contributed by atoms with E-state index in [2.05, 4.69) is 0 Å². The van der Waals surface area contributed by atoms with Crippen molar-refractivity contribution in [2.24, 2.45) is 23.5 Å². The average molecular weight is 167 g/mol. The molecule has 3 N–H and O–H groups in total. The molecule has 4 bridgehead atoms. The van der Waals surface area contributed by atoms with Gasteiger partial charge in [-0.1, -0.05) is 0 Å². The van der Waals surface area contributed by atoms with Crippen molar-refractivity contribution in [1.82, 2.24) is 0 Å². The first-order valence-corrected chi connectivity index (χ1v) is 5.15. The summed E-state index contributed by atoms with van der Waals surface area (Å²) in [6.07, 6.45) is 5.92. The number of aliphatic hydroxyl groups is 1. The number of hydrogen-bond acceptors (Lipinski definition) is 2. The molecule has 2 heteroatoms. The van der Waals surface area contributed by atoms with Crippen molar-refractivity contribution in [3.8, 4) is 0 Å². The van der Waals surface area contributed by atoms with Crippen molar-refractivity contribution in [1.29, 1.82) is 0 Å². The SMILES string of the molecule is N[C@@H]1C2C[C@@H]3C[C@H](C2)CC1(O)C3. The zero-order chi connectivity index (χ0) is 8.34. The van der Waals surface area contributed by atoms with E-state index in [1.807, 2.05) is 0 Å². The molecule has 0 aromatic heterocycles. The van der Waals surface area contributed by atoms with Crippen LogP contribution in [0.5, 0.6) is 0 Å². The molecule has 2 nitrogen and oxygen atoms in total. The molecular formula is C10H17NO. The minimum absolute atomic E-state index is 0.0882. The van der Waals surface area contributed by atoms with Crippen LogP contribution in [0.2, 0.25) is 0 Å². The van der Waals surface area contributed by atoms with Crippen molar-refractivity contribution in [2.75, 3.05) is 0 Å². The molecule has 4 rings (SSSR count). The molecule has 5 atom stereocenters. The summed E-state index contributed by atoms with van der Waals surface area (Å²) in [7, 11) is 0. The Kier molecular flexibility index (Phi) is 1.25. The van der Waals surface area contributed by atoms with E-state index in [-0.39, 0.29) is 6.04 Å². The van der Waals surface area contributed by atoms with Gasteiger partial charge in [-0.2, -0.15) is 0 Å². The van der Waals surface area contributed by atoms with Crippen molar-refractivity contribution in [3.05, 3.63) is 0 Å². The molecule has 0 aromatic rings. The second-order valence-corrected chi connectivity index (χ2v) is 5.24. The van der Waals surface area contributed by atoms with Gasteiger partial charge in [0.25, 0.3) is 0 Å². The van der Waals surface area contributed by atoms with Crippen molar-refractivity contribution in [3.63, 3.8) is 0 Å². The van der Waals surface area contributed by atoms with E-state index >= 15 is 0 Å². The zero-order valence-corrected chi connectivity index (χ0v) is 7.37. The predicted molar refractivity (Wildman–Crippen MR) is 46.5 cm³/mol. The largest absolute Gasteiger partial charge is 0.388 e. The van der Waals surface area contributed by atoms with E-state index in [0.717, 1.165) is 24.7 Å². The molecular weight excluding hydrogens is 150 g/mol. The molecule has 0 spiro atoms. The highest BCUT2D eigenvalue weighted by atomic mass is 16.3. The van der Waals surface area contributed by atoms with Crippen LogP contribution in [0.4, 0.5) is 0 Å². The molecule has 0 saturated heterocycles. The van der Waals surface area contributed by atoms with Gasteiger partial charge in [0, 0.05) is 6.04 Å². The maximum atomic E-state index is 10.2. The predicted octanol–water partition coefficient (Wildman–Crippen LogP) is 0.885. The van der Waals surface area contributed by atoms with Crippen LogP contribution < -0.4 is 5.73 Å². The van der Waals surface area contributed by atoms with Crippen LogP contribution in [0.3, 0.4) is 0 Å². The smallest absolute Gasteiger partial charge is 0.0805 e. The highest BCUT2D eigenvalue weighted by Crippen LogP contribution is 2.54. The van der Waals surface area contributed by atoms with E-state index in [9.17, 15) is 5.11 Å². The average Bonchev–Trinajstić information content (AvgIpc) is 1.98. The Hall–Kier alpha value is -0.0800. The summed E-state index contributed by atoms with van der Waals surface area (Å²) < 4.78 is 0. The quantitative estimate of drug-likeness (QED) is 0.562. The molecule has 4 saturated carbocycles. The summed E-state index contributed by atoms with van der Waals surface area (Å²) in [4.78, 5) is 0. The van der Waals surface area contributed by atoms with E-state index in [0.29, 0.717) is 5.92 Å². The van der Waals surface area contributed by atoms with Crippen LogP contribution in [0.15, 0.2) is 0 Å². The zero-order valence-electron chi connectivity index (χ0n) is 7.37. The van der Waals surface area contributed by atoms with Crippen LogP contribution in [-0.4, -0.2) is 16.7 Å². The molecule has 0 radical (unpaired) electrons. The standard InChI is InChI=1S/C10H17NO/c11-9-8-2-6-1-7(3-8)5-10(9,12)4-6/h6-9,12H,1-5,11H2/t6-,7+,8?,9-,10?/m1/s1. The van der Waals surface area contributed by atoms with Gasteiger partial charge in [-0.15, -0.1) is 0 Å². The first-order valence-electron chi connectivity index (χ1n) is 5.15. The number of hydrogen-bond donors (Lipinski definition) is 2. The molecule has 0 heterocycles. The number of rotatable bonds is 0. The Morgan fingerprint density at radius 3 is 2.17 bits per heavy atom. The summed E-state index contributed by atoms with van der Waals surface area (Å²) in [6, 6.07) is 0.0882. The lowest BCUT2D eigenvalue weighted by molar-refractivity contribution is -0.139. The van der Waals surface area contributed by atoms with Crippen LogP contribution in [0.1, 0.15) is 32.1 Å². The normalized spacial score (nSPS) is 62.5. The second kappa shape index (κ2) is 2.05. The fourth-order valence-corrected chi connectivity index (χ4v) is 4.04. The minimum atomic E-state index is -0.464. The van der Waals surface area contributed by atoms with Crippen molar-refractivity contribution >= 4 is 0 Å². The highest BCUT2D eigenvalue weighted by molar-refractivity contribution is 5.08.